The van der Waals surface area contributed by atoms with Crippen LogP contribution >= 0.6 is 15.9 Å². The average Bonchev–Trinajstić information content (AvgIpc) is 2.38. The van der Waals surface area contributed by atoms with Crippen molar-refractivity contribution in [3.63, 3.8) is 0 Å². The van der Waals surface area contributed by atoms with Gasteiger partial charge in [0.05, 0.1) is 4.92 Å². The highest BCUT2D eigenvalue weighted by Gasteiger charge is 2.27. The summed E-state index contributed by atoms with van der Waals surface area (Å²) < 4.78 is 0.796. The van der Waals surface area contributed by atoms with E-state index in [4.69, 9.17) is 0 Å². The van der Waals surface area contributed by atoms with E-state index >= 15 is 0 Å². The Morgan fingerprint density at radius 3 is 2.53 bits per heavy atom. The number of hydrogen-bond donors (Lipinski definition) is 0. The van der Waals surface area contributed by atoms with Crippen LogP contribution in [0.25, 0.3) is 0 Å². The van der Waals surface area contributed by atoms with E-state index in [0.717, 1.165) is 30.4 Å². The first-order valence-corrected chi connectivity index (χ1v) is 7.14. The Morgan fingerprint density at radius 1 is 1.37 bits per heavy atom. The van der Waals surface area contributed by atoms with Crippen LogP contribution in [0.5, 0.6) is 0 Å². The largest absolute Gasteiger partial charge is 0.365 e. The molecule has 104 valence electrons. The van der Waals surface area contributed by atoms with E-state index in [1.807, 2.05) is 6.07 Å². The predicted octanol–water partition coefficient (Wildman–Crippen LogP) is 2.89. The highest BCUT2D eigenvalue weighted by atomic mass is 79.9. The molecule has 1 aliphatic rings. The number of nitro groups is 1. The zero-order chi connectivity index (χ0) is 14.0. The zero-order valence-corrected chi connectivity index (χ0v) is 12.8. The highest BCUT2D eigenvalue weighted by Crippen LogP contribution is 2.37. The summed E-state index contributed by atoms with van der Waals surface area (Å²) in [5, 5.41) is 11.1. The number of nitrogens with zero attached hydrogens (tertiary/aromatic N) is 3. The Morgan fingerprint density at radius 2 is 2.00 bits per heavy atom. The molecule has 1 aromatic rings. The lowest BCUT2D eigenvalue weighted by Gasteiger charge is -2.36. The zero-order valence-electron chi connectivity index (χ0n) is 11.2. The molecular weight excluding hydrogens is 310 g/mol. The van der Waals surface area contributed by atoms with Crippen LogP contribution in [0.4, 0.5) is 11.4 Å². The molecule has 0 N–H and O–H groups in total. The molecule has 1 aliphatic heterocycles. The van der Waals surface area contributed by atoms with Gasteiger partial charge >= 0.3 is 0 Å². The molecule has 0 unspecified atom stereocenters. The number of rotatable bonds is 3. The van der Waals surface area contributed by atoms with Crippen molar-refractivity contribution >= 4 is 27.3 Å². The molecule has 0 aliphatic carbocycles. The van der Waals surface area contributed by atoms with Crippen molar-refractivity contribution in [1.29, 1.82) is 0 Å². The molecule has 1 aromatic carbocycles. The van der Waals surface area contributed by atoms with Crippen LogP contribution in [0.1, 0.15) is 12.8 Å². The van der Waals surface area contributed by atoms with Gasteiger partial charge < -0.3 is 9.80 Å². The second-order valence-electron chi connectivity index (χ2n) is 5.05. The average molecular weight is 328 g/mol. The summed E-state index contributed by atoms with van der Waals surface area (Å²) in [6.45, 7) is 1.71. The maximum atomic E-state index is 11.1. The topological polar surface area (TPSA) is 49.6 Å². The lowest BCUT2D eigenvalue weighted by molar-refractivity contribution is -0.384. The Balaban J connectivity index is 2.22. The first-order chi connectivity index (χ1) is 9.00. The monoisotopic (exact) mass is 327 g/mol. The van der Waals surface area contributed by atoms with Gasteiger partial charge in [0, 0.05) is 29.7 Å². The van der Waals surface area contributed by atoms with E-state index in [-0.39, 0.29) is 10.6 Å². The number of halogens is 1. The Kier molecular flexibility index (Phi) is 4.42. The molecule has 0 radical (unpaired) electrons. The van der Waals surface area contributed by atoms with Gasteiger partial charge in [-0.05, 0) is 48.9 Å². The molecule has 1 saturated heterocycles. The van der Waals surface area contributed by atoms with E-state index in [1.165, 1.54) is 0 Å². The maximum absolute atomic E-state index is 11.1. The standard InChI is InChI=1S/C13H18BrN3O2/c1-15(2)10-6-8-16(9-7-10)13-11(14)4-3-5-12(13)17(18)19/h3-5,10H,6-9H2,1-2H3. The quantitative estimate of drug-likeness (QED) is 0.632. The van der Waals surface area contributed by atoms with E-state index in [0.29, 0.717) is 11.7 Å². The Hall–Kier alpha value is -1.14. The SMILES string of the molecule is CN(C)C1CCN(c2c(Br)cccc2[N+](=O)[O-])CC1. The first-order valence-electron chi connectivity index (χ1n) is 6.35. The summed E-state index contributed by atoms with van der Waals surface area (Å²) in [5.74, 6) is 0. The minimum absolute atomic E-state index is 0.178. The number of hydrogen-bond acceptors (Lipinski definition) is 4. The molecule has 0 aromatic heterocycles. The van der Waals surface area contributed by atoms with E-state index < -0.39 is 0 Å². The molecule has 0 amide bonds. The summed E-state index contributed by atoms with van der Waals surface area (Å²) in [6.07, 6.45) is 2.07. The third-order valence-corrected chi connectivity index (χ3v) is 4.31. The van der Waals surface area contributed by atoms with Crippen LogP contribution in [0.15, 0.2) is 22.7 Å². The molecule has 0 atom stereocenters. The lowest BCUT2D eigenvalue weighted by atomic mass is 10.0. The number of nitro benzene ring substituents is 1. The molecule has 1 fully saturated rings. The minimum atomic E-state index is -0.307. The van der Waals surface area contributed by atoms with Crippen molar-refractivity contribution in [2.45, 2.75) is 18.9 Å². The van der Waals surface area contributed by atoms with Crippen molar-refractivity contribution in [1.82, 2.24) is 4.90 Å². The van der Waals surface area contributed by atoms with Gasteiger partial charge in [-0.2, -0.15) is 0 Å². The van der Waals surface area contributed by atoms with Crippen LogP contribution in [-0.4, -0.2) is 43.0 Å². The van der Waals surface area contributed by atoms with Crippen molar-refractivity contribution in [3.05, 3.63) is 32.8 Å². The molecular formula is C13H18BrN3O2. The van der Waals surface area contributed by atoms with Crippen LogP contribution < -0.4 is 4.90 Å². The number of piperidine rings is 1. The van der Waals surface area contributed by atoms with Gasteiger partial charge in [0.25, 0.3) is 5.69 Å². The molecule has 0 spiro atoms. The lowest BCUT2D eigenvalue weighted by Crippen LogP contribution is -2.42. The van der Waals surface area contributed by atoms with Crippen molar-refractivity contribution in [2.75, 3.05) is 32.1 Å². The predicted molar refractivity (Wildman–Crippen MR) is 79.7 cm³/mol. The molecule has 6 heteroatoms. The van der Waals surface area contributed by atoms with Crippen LogP contribution in [0, 0.1) is 10.1 Å². The summed E-state index contributed by atoms with van der Waals surface area (Å²) in [7, 11) is 4.17. The molecule has 0 saturated carbocycles. The third kappa shape index (κ3) is 3.06. The van der Waals surface area contributed by atoms with Gasteiger partial charge in [-0.15, -0.1) is 0 Å². The summed E-state index contributed by atoms with van der Waals surface area (Å²) in [6, 6.07) is 5.70. The molecule has 2 rings (SSSR count). The van der Waals surface area contributed by atoms with Gasteiger partial charge in [0.2, 0.25) is 0 Å². The smallest absolute Gasteiger partial charge is 0.293 e. The summed E-state index contributed by atoms with van der Waals surface area (Å²) in [5.41, 5.74) is 0.891. The second-order valence-corrected chi connectivity index (χ2v) is 5.90. The van der Waals surface area contributed by atoms with E-state index in [2.05, 4.69) is 39.8 Å². The second kappa shape index (κ2) is 5.88. The summed E-state index contributed by atoms with van der Waals surface area (Å²) in [4.78, 5) is 15.2. The fourth-order valence-corrected chi connectivity index (χ4v) is 3.18. The Labute approximate surface area is 121 Å². The maximum Gasteiger partial charge on any atom is 0.293 e. The molecule has 1 heterocycles. The normalized spacial score (nSPS) is 16.9. The van der Waals surface area contributed by atoms with Gasteiger partial charge in [-0.25, -0.2) is 0 Å². The van der Waals surface area contributed by atoms with Gasteiger partial charge in [-0.1, -0.05) is 6.07 Å². The van der Waals surface area contributed by atoms with Gasteiger partial charge in [0.15, 0.2) is 0 Å². The molecule has 5 nitrogen and oxygen atoms in total. The van der Waals surface area contributed by atoms with Crippen LogP contribution in [0.2, 0.25) is 0 Å². The fraction of sp³-hybridized carbons (Fsp3) is 0.538. The first kappa shape index (κ1) is 14.3. The van der Waals surface area contributed by atoms with Crippen molar-refractivity contribution < 1.29 is 4.92 Å². The fourth-order valence-electron chi connectivity index (χ4n) is 2.57. The van der Waals surface area contributed by atoms with Gasteiger partial charge in [0.1, 0.15) is 5.69 Å². The van der Waals surface area contributed by atoms with Crippen molar-refractivity contribution in [3.8, 4) is 0 Å². The number of benzene rings is 1. The van der Waals surface area contributed by atoms with Crippen molar-refractivity contribution in [2.24, 2.45) is 0 Å². The number of para-hydroxylation sites is 1. The number of anilines is 1. The van der Waals surface area contributed by atoms with E-state index in [1.54, 1.807) is 12.1 Å². The summed E-state index contributed by atoms with van der Waals surface area (Å²) >= 11 is 3.44. The molecule has 0 bridgehead atoms. The molecule has 19 heavy (non-hydrogen) atoms. The Bertz CT molecular complexity index is 471. The van der Waals surface area contributed by atoms with Crippen LogP contribution in [-0.2, 0) is 0 Å². The minimum Gasteiger partial charge on any atom is -0.365 e. The van der Waals surface area contributed by atoms with E-state index in [9.17, 15) is 10.1 Å². The highest BCUT2D eigenvalue weighted by molar-refractivity contribution is 9.10. The third-order valence-electron chi connectivity index (χ3n) is 3.67. The van der Waals surface area contributed by atoms with Crippen LogP contribution in [0.3, 0.4) is 0 Å². The van der Waals surface area contributed by atoms with Gasteiger partial charge in [-0.3, -0.25) is 10.1 Å².